The fraction of sp³-hybridized carbons (Fsp3) is 0. The third-order valence-electron chi connectivity index (χ3n) is 8.95. The minimum absolute atomic E-state index is 0.167. The second-order valence-electron chi connectivity index (χ2n) is 11.1. The molecule has 0 unspecified atom stereocenters. The molecule has 0 atom stereocenters. The van der Waals surface area contributed by atoms with Crippen molar-refractivity contribution in [1.82, 2.24) is 0 Å². The zero-order valence-corrected chi connectivity index (χ0v) is 25.9. The summed E-state index contributed by atoms with van der Waals surface area (Å²) in [7, 11) is 0. The minimum atomic E-state index is 0.167. The predicted octanol–water partition coefficient (Wildman–Crippen LogP) is 6.65. The molecule has 8 heteroatoms. The summed E-state index contributed by atoms with van der Waals surface area (Å²) >= 11 is 9.76. The van der Waals surface area contributed by atoms with E-state index < -0.39 is 0 Å². The van der Waals surface area contributed by atoms with E-state index in [1.165, 1.54) is 80.9 Å². The molecule has 0 saturated heterocycles. The third kappa shape index (κ3) is 2.93. The molecule has 42 heavy (non-hydrogen) atoms. The van der Waals surface area contributed by atoms with E-state index in [0.29, 0.717) is 0 Å². The number of ether oxygens (including phenoxy) is 1. The highest BCUT2D eigenvalue weighted by atomic mass is 32.2. The van der Waals surface area contributed by atoms with Crippen molar-refractivity contribution in [3.8, 4) is 11.5 Å². The fourth-order valence-corrected chi connectivity index (χ4v) is 13.9. The molecule has 0 spiro atoms. The molecule has 6 heterocycles. The molecule has 0 bridgehead atoms. The summed E-state index contributed by atoms with van der Waals surface area (Å²) in [5.41, 5.74) is 5.76. The lowest BCUT2D eigenvalue weighted by Gasteiger charge is -2.37. The average molecular weight is 622 g/mol. The van der Waals surface area contributed by atoms with Gasteiger partial charge in [0.25, 0.3) is 13.4 Å². The molecule has 0 fully saturated rings. The maximum Gasteiger partial charge on any atom is 0.267 e. The van der Waals surface area contributed by atoms with Crippen molar-refractivity contribution in [2.45, 2.75) is 29.4 Å². The first-order valence-corrected chi connectivity index (χ1v) is 18.1. The van der Waals surface area contributed by atoms with Crippen LogP contribution in [0.2, 0.25) is 0 Å². The molecule has 1 nitrogen and oxygen atoms in total. The number of hydrogen-bond donors (Lipinski definition) is 0. The summed E-state index contributed by atoms with van der Waals surface area (Å²) in [5.74, 6) is 2.05. The van der Waals surface area contributed by atoms with Crippen LogP contribution in [0, 0.1) is 0 Å². The van der Waals surface area contributed by atoms with Gasteiger partial charge in [-0.3, -0.25) is 0 Å². The van der Waals surface area contributed by atoms with Crippen molar-refractivity contribution >= 4 is 123 Å². The Morgan fingerprint density at radius 1 is 0.476 bits per heavy atom. The van der Waals surface area contributed by atoms with Crippen LogP contribution in [0.5, 0.6) is 11.5 Å². The topological polar surface area (TPSA) is 9.23 Å². The van der Waals surface area contributed by atoms with Crippen LogP contribution in [0.1, 0.15) is 0 Å². The van der Waals surface area contributed by atoms with Crippen LogP contribution in [-0.4, -0.2) is 13.4 Å². The molecular formula is C34H16B2OS5. The van der Waals surface area contributed by atoms with Gasteiger partial charge in [-0.2, -0.15) is 0 Å². The zero-order chi connectivity index (χ0) is 27.1. The number of thiophene rings is 2. The van der Waals surface area contributed by atoms with E-state index in [0.717, 1.165) is 11.5 Å². The summed E-state index contributed by atoms with van der Waals surface area (Å²) < 4.78 is 12.3. The predicted molar refractivity (Wildman–Crippen MR) is 185 cm³/mol. The summed E-state index contributed by atoms with van der Waals surface area (Å²) in [5, 5.41) is 2.62. The van der Waals surface area contributed by atoms with E-state index in [-0.39, 0.29) is 13.4 Å². The third-order valence-corrected chi connectivity index (χ3v) is 15.1. The molecule has 5 aromatic carbocycles. The molecular weight excluding hydrogens is 606 g/mol. The number of rotatable bonds is 0. The maximum atomic E-state index is 6.73. The highest BCUT2D eigenvalue weighted by molar-refractivity contribution is 8.02. The second kappa shape index (κ2) is 8.34. The van der Waals surface area contributed by atoms with E-state index in [1.807, 2.05) is 58.0 Å². The molecule has 11 rings (SSSR count). The molecule has 0 amide bonds. The summed E-state index contributed by atoms with van der Waals surface area (Å²) in [4.78, 5) is 8.40. The molecule has 0 saturated carbocycles. The zero-order valence-electron chi connectivity index (χ0n) is 21.8. The van der Waals surface area contributed by atoms with Crippen molar-refractivity contribution < 1.29 is 4.74 Å². The Hall–Kier alpha value is -3.00. The van der Waals surface area contributed by atoms with Crippen molar-refractivity contribution in [2.24, 2.45) is 0 Å². The SMILES string of the molecule is c1cc2c3c(c1)Sc1ccc4c(c1B3c1sc3ccccc3c1O2)Sc1cccc2c1B4c1sc3ccccc3c1S2. The molecule has 2 aromatic heterocycles. The van der Waals surface area contributed by atoms with Gasteiger partial charge in [0.05, 0.1) is 0 Å². The van der Waals surface area contributed by atoms with Gasteiger partial charge in [0.1, 0.15) is 11.5 Å². The number of fused-ring (bicyclic) bond motifs is 13. The lowest BCUT2D eigenvalue weighted by Crippen LogP contribution is -2.62. The van der Waals surface area contributed by atoms with Gasteiger partial charge < -0.3 is 4.74 Å². The molecule has 0 aliphatic carbocycles. The van der Waals surface area contributed by atoms with E-state index in [4.69, 9.17) is 4.74 Å². The molecule has 194 valence electrons. The maximum absolute atomic E-state index is 6.73. The van der Waals surface area contributed by atoms with Crippen LogP contribution in [0.15, 0.2) is 126 Å². The van der Waals surface area contributed by atoms with Gasteiger partial charge in [0.15, 0.2) is 0 Å². The summed E-state index contributed by atoms with van der Waals surface area (Å²) in [6.07, 6.45) is 0. The van der Waals surface area contributed by atoms with Crippen molar-refractivity contribution in [3.05, 3.63) is 97.1 Å². The molecule has 4 aliphatic heterocycles. The monoisotopic (exact) mass is 622 g/mol. The fourth-order valence-electron chi connectivity index (χ4n) is 7.23. The average Bonchev–Trinajstić information content (AvgIpc) is 3.59. The molecule has 0 N–H and O–H groups in total. The Morgan fingerprint density at radius 2 is 1.14 bits per heavy atom. The Labute approximate surface area is 263 Å². The largest absolute Gasteiger partial charge is 0.457 e. The Balaban J connectivity index is 1.22. The molecule has 0 radical (unpaired) electrons. The van der Waals surface area contributed by atoms with Gasteiger partial charge in [-0.25, -0.2) is 0 Å². The highest BCUT2D eigenvalue weighted by Gasteiger charge is 2.46. The number of benzene rings is 5. The van der Waals surface area contributed by atoms with Gasteiger partial charge in [-0.15, -0.1) is 22.7 Å². The van der Waals surface area contributed by atoms with Crippen molar-refractivity contribution in [2.75, 3.05) is 0 Å². The van der Waals surface area contributed by atoms with E-state index >= 15 is 0 Å². The van der Waals surface area contributed by atoms with E-state index in [1.54, 1.807) is 0 Å². The quantitative estimate of drug-likeness (QED) is 0.175. The molecule has 7 aromatic rings. The first-order valence-electron chi connectivity index (χ1n) is 14.0. The Bertz CT molecular complexity index is 2350. The number of hydrogen-bond acceptors (Lipinski definition) is 6. The van der Waals surface area contributed by atoms with Crippen molar-refractivity contribution in [1.29, 1.82) is 0 Å². The van der Waals surface area contributed by atoms with Crippen LogP contribution < -0.4 is 36.1 Å². The van der Waals surface area contributed by atoms with Crippen LogP contribution in [0.3, 0.4) is 0 Å². The smallest absolute Gasteiger partial charge is 0.267 e. The van der Waals surface area contributed by atoms with Gasteiger partial charge in [-0.1, -0.05) is 89.3 Å². The highest BCUT2D eigenvalue weighted by Crippen LogP contribution is 2.46. The minimum Gasteiger partial charge on any atom is -0.457 e. The van der Waals surface area contributed by atoms with Crippen LogP contribution >= 0.6 is 58.0 Å². The van der Waals surface area contributed by atoms with E-state index in [9.17, 15) is 0 Å². The lowest BCUT2D eigenvalue weighted by molar-refractivity contribution is 0.493. The van der Waals surface area contributed by atoms with Gasteiger partial charge in [0, 0.05) is 54.3 Å². The molecule has 4 aliphatic rings. The lowest BCUT2D eigenvalue weighted by atomic mass is 9.35. The first-order chi connectivity index (χ1) is 20.8. The normalized spacial score (nSPS) is 15.0. The van der Waals surface area contributed by atoms with Crippen LogP contribution in [-0.2, 0) is 0 Å². The Morgan fingerprint density at radius 3 is 2.00 bits per heavy atom. The summed E-state index contributed by atoms with van der Waals surface area (Å²) in [6, 6.07) is 36.1. The second-order valence-corrected chi connectivity index (χ2v) is 16.4. The standard InChI is InChI=1S/C34H16B2OS5/c1-3-10-21-17(7-1)30-33(41-21)36-27-20(37-30)9-5-12-23(27)38-26-16-15-19-32(29(26)36)40-25-14-6-13-24-28(25)35(19)34-31(39-24)18-8-2-4-11-22(18)42-34/h1-16H. The van der Waals surface area contributed by atoms with Crippen LogP contribution in [0.4, 0.5) is 0 Å². The Kier molecular flexibility index (Phi) is 4.65. The summed E-state index contributed by atoms with van der Waals surface area (Å²) in [6.45, 7) is 0.426. The first kappa shape index (κ1) is 23.5. The van der Waals surface area contributed by atoms with Gasteiger partial charge >= 0.3 is 0 Å². The van der Waals surface area contributed by atoms with Gasteiger partial charge in [-0.05, 0) is 69.7 Å². The van der Waals surface area contributed by atoms with Crippen molar-refractivity contribution in [3.63, 3.8) is 0 Å². The van der Waals surface area contributed by atoms with E-state index in [2.05, 4.69) is 97.1 Å². The van der Waals surface area contributed by atoms with Crippen LogP contribution in [0.25, 0.3) is 20.2 Å². The van der Waals surface area contributed by atoms with Gasteiger partial charge in [0.2, 0.25) is 0 Å².